The Morgan fingerprint density at radius 1 is 0.750 bits per heavy atom. The van der Waals surface area contributed by atoms with Crippen LogP contribution in [-0.2, 0) is 0 Å². The van der Waals surface area contributed by atoms with Crippen molar-refractivity contribution in [3.05, 3.63) is 12.2 Å². The topological polar surface area (TPSA) is 0 Å². The lowest BCUT2D eigenvalue weighted by atomic mass is 9.89. The predicted molar refractivity (Wildman–Crippen MR) is 75.8 cm³/mol. The first-order valence-electron chi connectivity index (χ1n) is 7.21. The van der Waals surface area contributed by atoms with E-state index in [0.29, 0.717) is 5.41 Å². The first-order valence-corrected chi connectivity index (χ1v) is 7.21. The minimum Gasteiger partial charge on any atom is -0.0885 e. The summed E-state index contributed by atoms with van der Waals surface area (Å²) in [5, 5.41) is 0. The van der Waals surface area contributed by atoms with E-state index < -0.39 is 0 Å². The highest BCUT2D eigenvalue weighted by Crippen LogP contribution is 2.22. The maximum atomic E-state index is 2.38. The second kappa shape index (κ2) is 9.93. The molecule has 96 valence electrons. The molecule has 0 aromatic carbocycles. The van der Waals surface area contributed by atoms with Crippen molar-refractivity contribution in [1.82, 2.24) is 0 Å². The highest BCUT2D eigenvalue weighted by Gasteiger charge is 2.08. The molecule has 0 N–H and O–H groups in total. The molecule has 0 bridgehead atoms. The smallest absolute Gasteiger partial charge is 0.0351 e. The van der Waals surface area contributed by atoms with Gasteiger partial charge in [0.1, 0.15) is 0 Å². The predicted octanol–water partition coefficient (Wildman–Crippen LogP) is 6.12. The zero-order valence-corrected chi connectivity index (χ0v) is 12.0. The molecule has 0 spiro atoms. The monoisotopic (exact) mass is 224 g/mol. The van der Waals surface area contributed by atoms with Crippen LogP contribution in [0.25, 0.3) is 0 Å². The quantitative estimate of drug-likeness (QED) is 0.327. The molecule has 0 radical (unpaired) electrons. The molecular weight excluding hydrogens is 192 g/mol. The second-order valence-corrected chi connectivity index (χ2v) is 6.13. The van der Waals surface area contributed by atoms with Crippen LogP contribution >= 0.6 is 0 Å². The SMILES string of the molecule is CCCCCC/C=C\CCCCC(C)(C)C. The third kappa shape index (κ3) is 13.7. The van der Waals surface area contributed by atoms with Gasteiger partial charge in [-0.3, -0.25) is 0 Å². The molecule has 0 atom stereocenters. The van der Waals surface area contributed by atoms with Gasteiger partial charge in [0.25, 0.3) is 0 Å². The molecule has 0 fully saturated rings. The lowest BCUT2D eigenvalue weighted by Gasteiger charge is -2.17. The van der Waals surface area contributed by atoms with Crippen LogP contribution in [0.4, 0.5) is 0 Å². The fourth-order valence-corrected chi connectivity index (χ4v) is 1.84. The van der Waals surface area contributed by atoms with E-state index >= 15 is 0 Å². The van der Waals surface area contributed by atoms with Crippen LogP contribution in [0.5, 0.6) is 0 Å². The van der Waals surface area contributed by atoms with Gasteiger partial charge in [-0.25, -0.2) is 0 Å². The normalized spacial score (nSPS) is 12.5. The summed E-state index contributed by atoms with van der Waals surface area (Å²) in [7, 11) is 0. The van der Waals surface area contributed by atoms with E-state index in [1.54, 1.807) is 0 Å². The highest BCUT2D eigenvalue weighted by atomic mass is 14.1. The van der Waals surface area contributed by atoms with Gasteiger partial charge in [-0.05, 0) is 37.5 Å². The molecule has 0 aliphatic carbocycles. The van der Waals surface area contributed by atoms with E-state index in [9.17, 15) is 0 Å². The Balaban J connectivity index is 3.16. The van der Waals surface area contributed by atoms with Gasteiger partial charge in [0.15, 0.2) is 0 Å². The second-order valence-electron chi connectivity index (χ2n) is 6.13. The van der Waals surface area contributed by atoms with Gasteiger partial charge < -0.3 is 0 Å². The van der Waals surface area contributed by atoms with Crippen molar-refractivity contribution in [3.8, 4) is 0 Å². The molecule has 0 aromatic rings. The molecule has 0 saturated carbocycles. The van der Waals surface area contributed by atoms with E-state index in [0.717, 1.165) is 0 Å². The molecule has 0 aliphatic heterocycles. The zero-order chi connectivity index (χ0) is 12.3. The Morgan fingerprint density at radius 3 is 1.81 bits per heavy atom. The summed E-state index contributed by atoms with van der Waals surface area (Å²) in [5.74, 6) is 0. The molecule has 0 aliphatic rings. The summed E-state index contributed by atoms with van der Waals surface area (Å²) in [6.07, 6.45) is 17.0. The Kier molecular flexibility index (Phi) is 9.77. The van der Waals surface area contributed by atoms with Crippen LogP contribution in [0.15, 0.2) is 12.2 Å². The average molecular weight is 224 g/mol. The number of rotatable bonds is 9. The lowest BCUT2D eigenvalue weighted by Crippen LogP contribution is -2.03. The molecule has 0 heteroatoms. The molecule has 0 saturated heterocycles. The minimum atomic E-state index is 0.518. The van der Waals surface area contributed by atoms with Crippen LogP contribution in [0, 0.1) is 5.41 Å². The molecule has 0 aromatic heterocycles. The largest absolute Gasteiger partial charge is 0.0885 e. The van der Waals surface area contributed by atoms with Crippen molar-refractivity contribution >= 4 is 0 Å². The van der Waals surface area contributed by atoms with Gasteiger partial charge in [-0.15, -0.1) is 0 Å². The summed E-state index contributed by atoms with van der Waals surface area (Å²) >= 11 is 0. The molecule has 0 rings (SSSR count). The fraction of sp³-hybridized carbons (Fsp3) is 0.875. The molecule has 0 heterocycles. The van der Waals surface area contributed by atoms with E-state index in [2.05, 4.69) is 39.8 Å². The number of hydrogen-bond donors (Lipinski definition) is 0. The molecular formula is C16H32. The number of hydrogen-bond acceptors (Lipinski definition) is 0. The van der Waals surface area contributed by atoms with Crippen molar-refractivity contribution < 1.29 is 0 Å². The van der Waals surface area contributed by atoms with Crippen molar-refractivity contribution in [2.75, 3.05) is 0 Å². The van der Waals surface area contributed by atoms with Crippen LogP contribution < -0.4 is 0 Å². The Bertz CT molecular complexity index is 159. The van der Waals surface area contributed by atoms with Crippen molar-refractivity contribution in [1.29, 1.82) is 0 Å². The number of allylic oxidation sites excluding steroid dienone is 2. The van der Waals surface area contributed by atoms with Crippen molar-refractivity contribution in [2.45, 2.75) is 85.5 Å². The van der Waals surface area contributed by atoms with Gasteiger partial charge in [0.2, 0.25) is 0 Å². The van der Waals surface area contributed by atoms with Gasteiger partial charge in [0.05, 0.1) is 0 Å². The van der Waals surface area contributed by atoms with Crippen LogP contribution in [0.1, 0.15) is 85.5 Å². The van der Waals surface area contributed by atoms with Crippen LogP contribution in [0.3, 0.4) is 0 Å². The van der Waals surface area contributed by atoms with Gasteiger partial charge in [-0.1, -0.05) is 65.5 Å². The first kappa shape index (κ1) is 15.7. The summed E-state index contributed by atoms with van der Waals surface area (Å²) in [4.78, 5) is 0. The summed E-state index contributed by atoms with van der Waals surface area (Å²) in [5.41, 5.74) is 0.518. The van der Waals surface area contributed by atoms with Crippen molar-refractivity contribution in [2.24, 2.45) is 5.41 Å². The average Bonchev–Trinajstić information content (AvgIpc) is 2.19. The highest BCUT2D eigenvalue weighted by molar-refractivity contribution is 4.81. The standard InChI is InChI=1S/C16H32/c1-5-6-7-8-9-10-11-12-13-14-15-16(2,3)4/h10-11H,5-9,12-15H2,1-4H3/b11-10-. The third-order valence-electron chi connectivity index (χ3n) is 2.94. The van der Waals surface area contributed by atoms with E-state index in [4.69, 9.17) is 0 Å². The van der Waals surface area contributed by atoms with Crippen LogP contribution in [0.2, 0.25) is 0 Å². The Hall–Kier alpha value is -0.260. The summed E-state index contributed by atoms with van der Waals surface area (Å²) in [6.45, 7) is 9.26. The van der Waals surface area contributed by atoms with E-state index in [1.165, 1.54) is 57.8 Å². The van der Waals surface area contributed by atoms with E-state index in [1.807, 2.05) is 0 Å². The molecule has 16 heavy (non-hydrogen) atoms. The minimum absolute atomic E-state index is 0.518. The van der Waals surface area contributed by atoms with Gasteiger partial charge >= 0.3 is 0 Å². The summed E-state index contributed by atoms with van der Waals surface area (Å²) in [6, 6.07) is 0. The Morgan fingerprint density at radius 2 is 1.31 bits per heavy atom. The molecule has 0 unspecified atom stereocenters. The summed E-state index contributed by atoms with van der Waals surface area (Å²) < 4.78 is 0. The number of unbranched alkanes of at least 4 members (excludes halogenated alkanes) is 6. The van der Waals surface area contributed by atoms with Crippen LogP contribution in [-0.4, -0.2) is 0 Å². The maximum absolute atomic E-state index is 2.38. The molecule has 0 nitrogen and oxygen atoms in total. The zero-order valence-electron chi connectivity index (χ0n) is 12.0. The van der Waals surface area contributed by atoms with Gasteiger partial charge in [-0.2, -0.15) is 0 Å². The lowest BCUT2D eigenvalue weighted by molar-refractivity contribution is 0.361. The third-order valence-corrected chi connectivity index (χ3v) is 2.94. The fourth-order valence-electron chi connectivity index (χ4n) is 1.84. The Labute approximate surface area is 104 Å². The van der Waals surface area contributed by atoms with Crippen molar-refractivity contribution in [3.63, 3.8) is 0 Å². The van der Waals surface area contributed by atoms with E-state index in [-0.39, 0.29) is 0 Å². The maximum Gasteiger partial charge on any atom is -0.0351 e. The van der Waals surface area contributed by atoms with Gasteiger partial charge in [0, 0.05) is 0 Å². The molecule has 0 amide bonds. The first-order chi connectivity index (χ1) is 7.56.